The quantitative estimate of drug-likeness (QED) is 0.874. The Bertz CT molecular complexity index is 524. The summed E-state index contributed by atoms with van der Waals surface area (Å²) in [5.41, 5.74) is 0.496. The van der Waals surface area contributed by atoms with Gasteiger partial charge in [-0.15, -0.1) is 0 Å². The zero-order valence-electron chi connectivity index (χ0n) is 11.9. The van der Waals surface area contributed by atoms with Crippen molar-refractivity contribution >= 4 is 17.6 Å². The van der Waals surface area contributed by atoms with Gasteiger partial charge < -0.3 is 10.4 Å². The van der Waals surface area contributed by atoms with E-state index in [4.69, 9.17) is 5.11 Å². The van der Waals surface area contributed by atoms with Crippen molar-refractivity contribution in [3.8, 4) is 0 Å². The van der Waals surface area contributed by atoms with Crippen LogP contribution in [0.15, 0.2) is 18.2 Å². The van der Waals surface area contributed by atoms with Gasteiger partial charge in [-0.2, -0.15) is 0 Å². The Morgan fingerprint density at radius 2 is 1.95 bits per heavy atom. The van der Waals surface area contributed by atoms with E-state index in [1.54, 1.807) is 6.07 Å². The molecular formula is C16H20FNO3. The summed E-state index contributed by atoms with van der Waals surface area (Å²) in [6.45, 7) is 0. The summed E-state index contributed by atoms with van der Waals surface area (Å²) in [6.07, 6.45) is 5.88. The lowest BCUT2D eigenvalue weighted by atomic mass is 9.87. The fourth-order valence-electron chi connectivity index (χ4n) is 2.80. The SMILES string of the molecule is O=C(O)Cc1ccc(NC(=O)CC2CCCCC2)cc1F. The van der Waals surface area contributed by atoms with E-state index >= 15 is 0 Å². The monoisotopic (exact) mass is 293 g/mol. The number of nitrogens with one attached hydrogen (secondary N) is 1. The minimum atomic E-state index is -1.08. The molecule has 114 valence electrons. The molecule has 0 heterocycles. The molecule has 1 aromatic rings. The summed E-state index contributed by atoms with van der Waals surface area (Å²) in [4.78, 5) is 22.5. The summed E-state index contributed by atoms with van der Waals surface area (Å²) in [6, 6.07) is 4.12. The van der Waals surface area contributed by atoms with E-state index in [0.29, 0.717) is 18.0 Å². The molecule has 0 bridgehead atoms. The maximum atomic E-state index is 13.7. The Morgan fingerprint density at radius 1 is 1.24 bits per heavy atom. The van der Waals surface area contributed by atoms with E-state index in [1.165, 1.54) is 31.4 Å². The van der Waals surface area contributed by atoms with Gasteiger partial charge in [-0.25, -0.2) is 4.39 Å². The second kappa shape index (κ2) is 7.20. The third-order valence-corrected chi connectivity index (χ3v) is 3.88. The summed E-state index contributed by atoms with van der Waals surface area (Å²) < 4.78 is 13.7. The minimum absolute atomic E-state index is 0.104. The predicted molar refractivity (Wildman–Crippen MR) is 77.6 cm³/mol. The van der Waals surface area contributed by atoms with Crippen LogP contribution in [0.2, 0.25) is 0 Å². The highest BCUT2D eigenvalue weighted by atomic mass is 19.1. The number of rotatable bonds is 5. The molecule has 1 aliphatic rings. The molecule has 1 saturated carbocycles. The fourth-order valence-corrected chi connectivity index (χ4v) is 2.80. The predicted octanol–water partition coefficient (Wildman–Crippen LogP) is 3.36. The number of carbonyl (C=O) groups excluding carboxylic acids is 1. The number of benzene rings is 1. The van der Waals surface area contributed by atoms with E-state index in [9.17, 15) is 14.0 Å². The Hall–Kier alpha value is -1.91. The highest BCUT2D eigenvalue weighted by Crippen LogP contribution is 2.26. The lowest BCUT2D eigenvalue weighted by Gasteiger charge is -2.20. The Labute approximate surface area is 123 Å². The molecule has 0 unspecified atom stereocenters. The first-order valence-corrected chi connectivity index (χ1v) is 7.34. The van der Waals surface area contributed by atoms with Crippen molar-refractivity contribution in [2.75, 3.05) is 5.32 Å². The van der Waals surface area contributed by atoms with Crippen molar-refractivity contribution in [3.05, 3.63) is 29.6 Å². The lowest BCUT2D eigenvalue weighted by molar-refractivity contribution is -0.136. The molecule has 1 amide bonds. The Balaban J connectivity index is 1.91. The molecule has 1 fully saturated rings. The third-order valence-electron chi connectivity index (χ3n) is 3.88. The van der Waals surface area contributed by atoms with Gasteiger partial charge in [0.1, 0.15) is 5.82 Å². The molecule has 5 heteroatoms. The molecule has 0 saturated heterocycles. The topological polar surface area (TPSA) is 66.4 Å². The molecular weight excluding hydrogens is 273 g/mol. The number of anilines is 1. The van der Waals surface area contributed by atoms with Gasteiger partial charge in [0.25, 0.3) is 0 Å². The third kappa shape index (κ3) is 4.85. The van der Waals surface area contributed by atoms with Crippen LogP contribution in [-0.2, 0) is 16.0 Å². The molecule has 2 N–H and O–H groups in total. The van der Waals surface area contributed by atoms with Gasteiger partial charge >= 0.3 is 5.97 Å². The van der Waals surface area contributed by atoms with Crippen molar-refractivity contribution < 1.29 is 19.1 Å². The molecule has 0 spiro atoms. The molecule has 0 atom stereocenters. The second-order valence-electron chi connectivity index (χ2n) is 5.63. The number of halogens is 1. The maximum Gasteiger partial charge on any atom is 0.307 e. The van der Waals surface area contributed by atoms with Gasteiger partial charge in [0, 0.05) is 12.1 Å². The first-order valence-electron chi connectivity index (χ1n) is 7.34. The van der Waals surface area contributed by atoms with Gasteiger partial charge in [0.15, 0.2) is 0 Å². The van der Waals surface area contributed by atoms with Gasteiger partial charge in [0.05, 0.1) is 6.42 Å². The van der Waals surface area contributed by atoms with Crippen molar-refractivity contribution in [3.63, 3.8) is 0 Å². The first kappa shape index (κ1) is 15.5. The highest BCUT2D eigenvalue weighted by molar-refractivity contribution is 5.90. The zero-order valence-corrected chi connectivity index (χ0v) is 11.9. The van der Waals surface area contributed by atoms with Crippen molar-refractivity contribution in [1.82, 2.24) is 0 Å². The van der Waals surface area contributed by atoms with Crippen molar-refractivity contribution in [2.45, 2.75) is 44.9 Å². The van der Waals surface area contributed by atoms with Gasteiger partial charge in [-0.3, -0.25) is 9.59 Å². The smallest absolute Gasteiger partial charge is 0.307 e. The molecule has 1 aromatic carbocycles. The van der Waals surface area contributed by atoms with Crippen LogP contribution in [0.25, 0.3) is 0 Å². The normalized spacial score (nSPS) is 15.7. The van der Waals surface area contributed by atoms with Crippen LogP contribution >= 0.6 is 0 Å². The molecule has 0 aliphatic heterocycles. The van der Waals surface area contributed by atoms with E-state index < -0.39 is 11.8 Å². The Kier molecular flexibility index (Phi) is 5.31. The zero-order chi connectivity index (χ0) is 15.2. The summed E-state index contributed by atoms with van der Waals surface area (Å²) in [5, 5.41) is 11.3. The number of carboxylic acid groups (broad SMARTS) is 1. The molecule has 1 aliphatic carbocycles. The second-order valence-corrected chi connectivity index (χ2v) is 5.63. The number of aliphatic carboxylic acids is 1. The minimum Gasteiger partial charge on any atom is -0.481 e. The number of hydrogen-bond donors (Lipinski definition) is 2. The number of amides is 1. The average molecular weight is 293 g/mol. The van der Waals surface area contributed by atoms with Crippen LogP contribution in [0.3, 0.4) is 0 Å². The van der Waals surface area contributed by atoms with E-state index in [1.807, 2.05) is 0 Å². The summed E-state index contributed by atoms with van der Waals surface area (Å²) in [7, 11) is 0. The largest absolute Gasteiger partial charge is 0.481 e. The van der Waals surface area contributed by atoms with Crippen LogP contribution in [0.4, 0.5) is 10.1 Å². The standard InChI is InChI=1S/C16H20FNO3/c17-14-10-13(7-6-12(14)9-16(20)21)18-15(19)8-11-4-2-1-3-5-11/h6-7,10-11H,1-5,8-9H2,(H,18,19)(H,20,21). The fraction of sp³-hybridized carbons (Fsp3) is 0.500. The highest BCUT2D eigenvalue weighted by Gasteiger charge is 2.17. The molecule has 0 radical (unpaired) electrons. The lowest BCUT2D eigenvalue weighted by Crippen LogP contribution is -2.18. The van der Waals surface area contributed by atoms with Crippen molar-refractivity contribution in [1.29, 1.82) is 0 Å². The van der Waals surface area contributed by atoms with Crippen LogP contribution in [0.1, 0.15) is 44.1 Å². The summed E-state index contributed by atoms with van der Waals surface area (Å²) in [5.74, 6) is -1.36. The molecule has 2 rings (SSSR count). The van der Waals surface area contributed by atoms with E-state index in [0.717, 1.165) is 12.8 Å². The molecule has 4 nitrogen and oxygen atoms in total. The van der Waals surface area contributed by atoms with E-state index in [2.05, 4.69) is 5.32 Å². The van der Waals surface area contributed by atoms with Crippen LogP contribution in [0.5, 0.6) is 0 Å². The van der Waals surface area contributed by atoms with Crippen molar-refractivity contribution in [2.24, 2.45) is 5.92 Å². The van der Waals surface area contributed by atoms with Gasteiger partial charge in [-0.05, 0) is 36.5 Å². The van der Waals surface area contributed by atoms with Crippen LogP contribution in [0, 0.1) is 11.7 Å². The first-order chi connectivity index (χ1) is 10.0. The Morgan fingerprint density at radius 3 is 2.57 bits per heavy atom. The van der Waals surface area contributed by atoms with Crippen LogP contribution < -0.4 is 5.32 Å². The van der Waals surface area contributed by atoms with Crippen LogP contribution in [-0.4, -0.2) is 17.0 Å². The maximum absolute atomic E-state index is 13.7. The average Bonchev–Trinajstić information content (AvgIpc) is 2.42. The van der Waals surface area contributed by atoms with Gasteiger partial charge in [-0.1, -0.05) is 25.3 Å². The molecule has 21 heavy (non-hydrogen) atoms. The number of carboxylic acids is 1. The van der Waals surface area contributed by atoms with E-state index in [-0.39, 0.29) is 17.9 Å². The summed E-state index contributed by atoms with van der Waals surface area (Å²) >= 11 is 0. The molecule has 0 aromatic heterocycles. The van der Waals surface area contributed by atoms with Gasteiger partial charge in [0.2, 0.25) is 5.91 Å². The number of carbonyl (C=O) groups is 2. The number of hydrogen-bond acceptors (Lipinski definition) is 2.